The van der Waals surface area contributed by atoms with E-state index in [1.807, 2.05) is 30.3 Å². The summed E-state index contributed by atoms with van der Waals surface area (Å²) in [6.45, 7) is 0.381. The molecule has 2 aromatic rings. The standard InChI is InChI=1S/C17H13NO3/c19-16-8-11-7-10(5-6-14(11)18-16)17(20)13-9-21-15-4-2-1-3-12(13)15/h1-7,13H,8-9H2,(H,18,19). The highest BCUT2D eigenvalue weighted by Gasteiger charge is 2.31. The number of carbonyl (C=O) groups is 2. The SMILES string of the molecule is O=C1Cc2cc(C(=O)C3COc4ccccc43)ccc2N1. The van der Waals surface area contributed by atoms with Crippen LogP contribution in [0.4, 0.5) is 5.69 Å². The highest BCUT2D eigenvalue weighted by atomic mass is 16.5. The molecule has 1 atom stereocenters. The molecule has 1 N–H and O–H groups in total. The van der Waals surface area contributed by atoms with Crippen LogP contribution in [-0.2, 0) is 11.2 Å². The number of nitrogens with one attached hydrogen (secondary N) is 1. The van der Waals surface area contributed by atoms with E-state index in [0.29, 0.717) is 18.6 Å². The Kier molecular flexibility index (Phi) is 2.57. The maximum atomic E-state index is 12.7. The van der Waals surface area contributed by atoms with E-state index >= 15 is 0 Å². The fourth-order valence-corrected chi connectivity index (χ4v) is 2.96. The molecule has 0 saturated carbocycles. The molecule has 0 spiro atoms. The van der Waals surface area contributed by atoms with Crippen LogP contribution >= 0.6 is 0 Å². The van der Waals surface area contributed by atoms with Crippen molar-refractivity contribution in [3.8, 4) is 5.75 Å². The smallest absolute Gasteiger partial charge is 0.228 e. The number of ketones is 1. The fraction of sp³-hybridized carbons (Fsp3) is 0.176. The minimum atomic E-state index is -0.260. The van der Waals surface area contributed by atoms with Gasteiger partial charge in [-0.25, -0.2) is 0 Å². The maximum absolute atomic E-state index is 12.7. The molecule has 0 bridgehead atoms. The molecule has 1 amide bonds. The first-order valence-electron chi connectivity index (χ1n) is 6.91. The van der Waals surface area contributed by atoms with Crippen LogP contribution in [0.2, 0.25) is 0 Å². The molecule has 2 aromatic carbocycles. The first-order chi connectivity index (χ1) is 10.2. The van der Waals surface area contributed by atoms with Gasteiger partial charge in [-0.3, -0.25) is 9.59 Å². The molecular formula is C17H13NO3. The summed E-state index contributed by atoms with van der Waals surface area (Å²) in [5, 5.41) is 2.77. The Morgan fingerprint density at radius 3 is 2.95 bits per heavy atom. The van der Waals surface area contributed by atoms with Gasteiger partial charge in [-0.2, -0.15) is 0 Å². The van der Waals surface area contributed by atoms with E-state index in [0.717, 1.165) is 22.6 Å². The summed E-state index contributed by atoms with van der Waals surface area (Å²) in [7, 11) is 0. The minimum absolute atomic E-state index is 0.0239. The van der Waals surface area contributed by atoms with Crippen molar-refractivity contribution in [1.82, 2.24) is 0 Å². The van der Waals surface area contributed by atoms with Crippen molar-refractivity contribution < 1.29 is 14.3 Å². The number of rotatable bonds is 2. The second-order valence-electron chi connectivity index (χ2n) is 5.36. The second-order valence-corrected chi connectivity index (χ2v) is 5.36. The molecule has 4 rings (SSSR count). The number of fused-ring (bicyclic) bond motifs is 2. The topological polar surface area (TPSA) is 55.4 Å². The Morgan fingerprint density at radius 1 is 1.19 bits per heavy atom. The van der Waals surface area contributed by atoms with Crippen molar-refractivity contribution in [3.05, 3.63) is 59.2 Å². The zero-order chi connectivity index (χ0) is 14.4. The number of benzene rings is 2. The third kappa shape index (κ3) is 1.91. The monoisotopic (exact) mass is 279 g/mol. The Hall–Kier alpha value is -2.62. The van der Waals surface area contributed by atoms with E-state index in [-0.39, 0.29) is 17.6 Å². The van der Waals surface area contributed by atoms with Crippen molar-refractivity contribution >= 4 is 17.4 Å². The predicted molar refractivity (Wildman–Crippen MR) is 77.8 cm³/mol. The van der Waals surface area contributed by atoms with Crippen molar-refractivity contribution in [3.63, 3.8) is 0 Å². The number of amides is 1. The molecule has 2 aliphatic heterocycles. The summed E-state index contributed by atoms with van der Waals surface area (Å²) in [6.07, 6.45) is 0.341. The largest absolute Gasteiger partial charge is 0.492 e. The van der Waals surface area contributed by atoms with Gasteiger partial charge >= 0.3 is 0 Å². The zero-order valence-electron chi connectivity index (χ0n) is 11.3. The van der Waals surface area contributed by atoms with E-state index in [1.54, 1.807) is 12.1 Å². The molecule has 0 aromatic heterocycles. The average molecular weight is 279 g/mol. The summed E-state index contributed by atoms with van der Waals surface area (Å²) in [6, 6.07) is 13.0. The highest BCUT2D eigenvalue weighted by molar-refractivity contribution is 6.04. The Bertz CT molecular complexity index is 766. The van der Waals surface area contributed by atoms with Crippen molar-refractivity contribution in [2.45, 2.75) is 12.3 Å². The number of ether oxygens (including phenoxy) is 1. The normalized spacial score (nSPS) is 18.7. The number of para-hydroxylation sites is 1. The van der Waals surface area contributed by atoms with Gasteiger partial charge in [0.05, 0.1) is 12.3 Å². The van der Waals surface area contributed by atoms with E-state index in [9.17, 15) is 9.59 Å². The molecule has 1 unspecified atom stereocenters. The highest BCUT2D eigenvalue weighted by Crippen LogP contribution is 2.36. The lowest BCUT2D eigenvalue weighted by Crippen LogP contribution is -2.14. The molecule has 4 heteroatoms. The number of Topliss-reactive ketones (excluding diaryl/α,β-unsaturated/α-hetero) is 1. The number of anilines is 1. The van der Waals surface area contributed by atoms with Gasteiger partial charge in [0, 0.05) is 16.8 Å². The van der Waals surface area contributed by atoms with Crippen molar-refractivity contribution in [2.24, 2.45) is 0 Å². The van der Waals surface area contributed by atoms with Crippen molar-refractivity contribution in [1.29, 1.82) is 0 Å². The van der Waals surface area contributed by atoms with Gasteiger partial charge < -0.3 is 10.1 Å². The number of hydrogen-bond donors (Lipinski definition) is 1. The first kappa shape index (κ1) is 12.1. The Morgan fingerprint density at radius 2 is 2.05 bits per heavy atom. The summed E-state index contributed by atoms with van der Waals surface area (Å²) < 4.78 is 5.58. The third-order valence-corrected chi connectivity index (χ3v) is 4.03. The molecule has 21 heavy (non-hydrogen) atoms. The summed E-state index contributed by atoms with van der Waals surface area (Å²) >= 11 is 0. The van der Waals surface area contributed by atoms with Crippen LogP contribution < -0.4 is 10.1 Å². The molecule has 0 radical (unpaired) electrons. The molecule has 0 fully saturated rings. The summed E-state index contributed by atoms with van der Waals surface area (Å²) in [5.41, 5.74) is 3.27. The molecule has 2 aliphatic rings. The molecular weight excluding hydrogens is 266 g/mol. The lowest BCUT2D eigenvalue weighted by atomic mass is 9.91. The van der Waals surface area contributed by atoms with Gasteiger partial charge in [-0.05, 0) is 29.8 Å². The van der Waals surface area contributed by atoms with E-state index < -0.39 is 0 Å². The minimum Gasteiger partial charge on any atom is -0.492 e. The van der Waals surface area contributed by atoms with Gasteiger partial charge in [0.1, 0.15) is 12.4 Å². The fourth-order valence-electron chi connectivity index (χ4n) is 2.96. The first-order valence-corrected chi connectivity index (χ1v) is 6.91. The van der Waals surface area contributed by atoms with Gasteiger partial charge in [0.15, 0.2) is 5.78 Å². The molecule has 4 nitrogen and oxygen atoms in total. The lowest BCUT2D eigenvalue weighted by Gasteiger charge is -2.09. The third-order valence-electron chi connectivity index (χ3n) is 4.03. The number of carbonyl (C=O) groups excluding carboxylic acids is 2. The second kappa shape index (κ2) is 4.45. The quantitative estimate of drug-likeness (QED) is 0.859. The van der Waals surface area contributed by atoms with Crippen LogP contribution in [0, 0.1) is 0 Å². The van der Waals surface area contributed by atoms with Gasteiger partial charge in [-0.1, -0.05) is 18.2 Å². The van der Waals surface area contributed by atoms with Crippen molar-refractivity contribution in [2.75, 3.05) is 11.9 Å². The van der Waals surface area contributed by atoms with E-state index in [4.69, 9.17) is 4.74 Å². The van der Waals surface area contributed by atoms with Crippen LogP contribution in [0.3, 0.4) is 0 Å². The lowest BCUT2D eigenvalue weighted by molar-refractivity contribution is -0.115. The van der Waals surface area contributed by atoms with Crippen LogP contribution in [0.25, 0.3) is 0 Å². The average Bonchev–Trinajstić information content (AvgIpc) is 3.07. The summed E-state index contributed by atoms with van der Waals surface area (Å²) in [4.78, 5) is 24.1. The van der Waals surface area contributed by atoms with E-state index in [2.05, 4.69) is 5.32 Å². The van der Waals surface area contributed by atoms with Crippen LogP contribution in [0.5, 0.6) is 5.75 Å². The Labute approximate surface area is 121 Å². The summed E-state index contributed by atoms with van der Waals surface area (Å²) in [5.74, 6) is 0.546. The van der Waals surface area contributed by atoms with E-state index in [1.165, 1.54) is 0 Å². The molecule has 0 saturated heterocycles. The Balaban J connectivity index is 1.68. The van der Waals surface area contributed by atoms with Crippen LogP contribution in [-0.4, -0.2) is 18.3 Å². The van der Waals surface area contributed by atoms with Gasteiger partial charge in [0.2, 0.25) is 5.91 Å². The maximum Gasteiger partial charge on any atom is 0.228 e. The molecule has 0 aliphatic carbocycles. The van der Waals surface area contributed by atoms with Gasteiger partial charge in [-0.15, -0.1) is 0 Å². The van der Waals surface area contributed by atoms with Crippen LogP contribution in [0.1, 0.15) is 27.4 Å². The van der Waals surface area contributed by atoms with Crippen LogP contribution in [0.15, 0.2) is 42.5 Å². The zero-order valence-corrected chi connectivity index (χ0v) is 11.3. The molecule has 2 heterocycles. The molecule has 104 valence electrons. The van der Waals surface area contributed by atoms with Gasteiger partial charge in [0.25, 0.3) is 0 Å². The predicted octanol–water partition coefficient (Wildman–Crippen LogP) is 2.54. The number of hydrogen-bond acceptors (Lipinski definition) is 3.